The van der Waals surface area contributed by atoms with Crippen molar-refractivity contribution in [3.8, 4) is 0 Å². The van der Waals surface area contributed by atoms with Gasteiger partial charge < -0.3 is 15.2 Å². The first kappa shape index (κ1) is 9.92. The summed E-state index contributed by atoms with van der Waals surface area (Å²) >= 11 is 0. The second kappa shape index (κ2) is 3.86. The topological polar surface area (TPSA) is 68.2 Å². The minimum atomic E-state index is 0.123. The molecule has 5 heteroatoms. The Bertz CT molecular complexity index is 451. The Kier molecular flexibility index (Phi) is 2.55. The van der Waals surface area contributed by atoms with E-state index in [4.69, 9.17) is 10.3 Å². The molecule has 0 bridgehead atoms. The third-order valence-corrected chi connectivity index (χ3v) is 2.22. The standard InChI is InChI=1S/C10H14N4O/c1-7(11)6-14(2)9-3-4-12-10-8(9)5-13-15-10/h3-5,7H,6,11H2,1-2H3. The molecule has 0 radical (unpaired) electrons. The molecule has 80 valence electrons. The highest BCUT2D eigenvalue weighted by Crippen LogP contribution is 2.23. The van der Waals surface area contributed by atoms with Gasteiger partial charge in [-0.15, -0.1) is 0 Å². The molecule has 0 saturated heterocycles. The number of anilines is 1. The van der Waals surface area contributed by atoms with E-state index in [9.17, 15) is 0 Å². The fourth-order valence-electron chi connectivity index (χ4n) is 1.63. The molecule has 0 spiro atoms. The molecule has 2 N–H and O–H groups in total. The number of hydrogen-bond acceptors (Lipinski definition) is 5. The van der Waals surface area contributed by atoms with E-state index in [-0.39, 0.29) is 6.04 Å². The minimum absolute atomic E-state index is 0.123. The third kappa shape index (κ3) is 1.92. The monoisotopic (exact) mass is 206 g/mol. The Labute approximate surface area is 87.9 Å². The summed E-state index contributed by atoms with van der Waals surface area (Å²) in [5.41, 5.74) is 7.35. The number of aromatic nitrogens is 2. The number of hydrogen-bond donors (Lipinski definition) is 1. The molecule has 2 heterocycles. The Morgan fingerprint density at radius 2 is 2.40 bits per heavy atom. The lowest BCUT2D eigenvalue weighted by Gasteiger charge is -2.21. The SMILES string of the molecule is CC(N)CN(C)c1ccnc2oncc12. The van der Waals surface area contributed by atoms with Crippen LogP contribution in [-0.2, 0) is 0 Å². The van der Waals surface area contributed by atoms with Gasteiger partial charge in [-0.1, -0.05) is 5.16 Å². The fourth-order valence-corrected chi connectivity index (χ4v) is 1.63. The molecule has 0 aliphatic carbocycles. The van der Waals surface area contributed by atoms with Gasteiger partial charge in [0, 0.05) is 25.8 Å². The summed E-state index contributed by atoms with van der Waals surface area (Å²) in [7, 11) is 1.99. The summed E-state index contributed by atoms with van der Waals surface area (Å²) in [6, 6.07) is 2.06. The highest BCUT2D eigenvalue weighted by molar-refractivity contribution is 5.87. The lowest BCUT2D eigenvalue weighted by molar-refractivity contribution is 0.448. The van der Waals surface area contributed by atoms with Crippen molar-refractivity contribution >= 4 is 16.8 Å². The van der Waals surface area contributed by atoms with Crippen LogP contribution in [0.4, 0.5) is 5.69 Å². The molecular weight excluding hydrogens is 192 g/mol. The van der Waals surface area contributed by atoms with E-state index >= 15 is 0 Å². The van der Waals surface area contributed by atoms with Gasteiger partial charge in [0.05, 0.1) is 17.3 Å². The molecular formula is C10H14N4O. The van der Waals surface area contributed by atoms with E-state index in [1.807, 2.05) is 20.0 Å². The summed E-state index contributed by atoms with van der Waals surface area (Å²) in [4.78, 5) is 6.15. The molecule has 0 saturated carbocycles. The maximum absolute atomic E-state index is 5.75. The smallest absolute Gasteiger partial charge is 0.259 e. The zero-order valence-electron chi connectivity index (χ0n) is 8.84. The Morgan fingerprint density at radius 1 is 1.60 bits per heavy atom. The van der Waals surface area contributed by atoms with Crippen LogP contribution in [0.3, 0.4) is 0 Å². The van der Waals surface area contributed by atoms with Crippen molar-refractivity contribution in [1.29, 1.82) is 0 Å². The van der Waals surface area contributed by atoms with Gasteiger partial charge in [-0.2, -0.15) is 0 Å². The maximum Gasteiger partial charge on any atom is 0.259 e. The Hall–Kier alpha value is -1.62. The predicted octanol–water partition coefficient (Wildman–Crippen LogP) is 1.01. The van der Waals surface area contributed by atoms with Gasteiger partial charge in [0.1, 0.15) is 0 Å². The lowest BCUT2D eigenvalue weighted by atomic mass is 10.2. The normalized spacial score (nSPS) is 13.0. The lowest BCUT2D eigenvalue weighted by Crippen LogP contribution is -2.32. The predicted molar refractivity (Wildman–Crippen MR) is 58.7 cm³/mol. The van der Waals surface area contributed by atoms with Crippen LogP contribution in [0, 0.1) is 0 Å². The molecule has 0 fully saturated rings. The van der Waals surface area contributed by atoms with Crippen LogP contribution in [0.1, 0.15) is 6.92 Å². The summed E-state index contributed by atoms with van der Waals surface area (Å²) in [5, 5.41) is 4.65. The highest BCUT2D eigenvalue weighted by Gasteiger charge is 2.10. The average molecular weight is 206 g/mol. The van der Waals surface area contributed by atoms with Gasteiger partial charge in [-0.05, 0) is 13.0 Å². The van der Waals surface area contributed by atoms with Gasteiger partial charge in [0.2, 0.25) is 0 Å². The number of fused-ring (bicyclic) bond motifs is 1. The second-order valence-electron chi connectivity index (χ2n) is 3.73. The van der Waals surface area contributed by atoms with Crippen LogP contribution in [-0.4, -0.2) is 29.8 Å². The number of nitrogens with two attached hydrogens (primary N) is 1. The van der Waals surface area contributed by atoms with E-state index in [2.05, 4.69) is 15.0 Å². The van der Waals surface area contributed by atoms with Crippen molar-refractivity contribution in [2.45, 2.75) is 13.0 Å². The van der Waals surface area contributed by atoms with Crippen LogP contribution < -0.4 is 10.6 Å². The summed E-state index contributed by atoms with van der Waals surface area (Å²) in [5.74, 6) is 0. The van der Waals surface area contributed by atoms with Crippen molar-refractivity contribution in [3.63, 3.8) is 0 Å². The zero-order chi connectivity index (χ0) is 10.8. The largest absolute Gasteiger partial charge is 0.372 e. The highest BCUT2D eigenvalue weighted by atomic mass is 16.5. The van der Waals surface area contributed by atoms with Crippen molar-refractivity contribution < 1.29 is 4.52 Å². The Balaban J connectivity index is 2.38. The van der Waals surface area contributed by atoms with Gasteiger partial charge in [0.15, 0.2) is 0 Å². The average Bonchev–Trinajstić information content (AvgIpc) is 2.63. The third-order valence-electron chi connectivity index (χ3n) is 2.22. The van der Waals surface area contributed by atoms with Crippen LogP contribution >= 0.6 is 0 Å². The van der Waals surface area contributed by atoms with E-state index in [1.54, 1.807) is 12.4 Å². The van der Waals surface area contributed by atoms with Crippen molar-refractivity contribution in [1.82, 2.24) is 10.1 Å². The zero-order valence-corrected chi connectivity index (χ0v) is 8.84. The first-order valence-corrected chi connectivity index (χ1v) is 4.84. The molecule has 2 rings (SSSR count). The molecule has 0 amide bonds. The molecule has 0 aromatic carbocycles. The fraction of sp³-hybridized carbons (Fsp3) is 0.400. The quantitative estimate of drug-likeness (QED) is 0.811. The molecule has 2 aromatic rings. The van der Waals surface area contributed by atoms with E-state index in [0.717, 1.165) is 17.6 Å². The number of likely N-dealkylation sites (N-methyl/N-ethyl adjacent to an activating group) is 1. The molecule has 2 aromatic heterocycles. The number of rotatable bonds is 3. The van der Waals surface area contributed by atoms with Crippen LogP contribution in [0.15, 0.2) is 23.0 Å². The molecule has 1 atom stereocenters. The van der Waals surface area contributed by atoms with Crippen molar-refractivity contribution in [2.75, 3.05) is 18.5 Å². The minimum Gasteiger partial charge on any atom is -0.372 e. The first-order valence-electron chi connectivity index (χ1n) is 4.84. The first-order chi connectivity index (χ1) is 7.18. The maximum atomic E-state index is 5.75. The Morgan fingerprint density at radius 3 is 3.13 bits per heavy atom. The molecule has 1 unspecified atom stereocenters. The molecule has 15 heavy (non-hydrogen) atoms. The van der Waals surface area contributed by atoms with Gasteiger partial charge in [0.25, 0.3) is 5.71 Å². The van der Waals surface area contributed by atoms with Gasteiger partial charge in [-0.25, -0.2) is 4.98 Å². The van der Waals surface area contributed by atoms with Gasteiger partial charge >= 0.3 is 0 Å². The summed E-state index contributed by atoms with van der Waals surface area (Å²) in [6.45, 7) is 2.76. The van der Waals surface area contributed by atoms with E-state index in [0.29, 0.717) is 5.71 Å². The van der Waals surface area contributed by atoms with Crippen LogP contribution in [0.2, 0.25) is 0 Å². The molecule has 0 aliphatic rings. The summed E-state index contributed by atoms with van der Waals surface area (Å²) < 4.78 is 4.99. The van der Waals surface area contributed by atoms with E-state index < -0.39 is 0 Å². The van der Waals surface area contributed by atoms with Crippen molar-refractivity contribution in [3.05, 3.63) is 18.5 Å². The van der Waals surface area contributed by atoms with Crippen molar-refractivity contribution in [2.24, 2.45) is 5.73 Å². The number of nitrogens with zero attached hydrogens (tertiary/aromatic N) is 3. The molecule has 5 nitrogen and oxygen atoms in total. The summed E-state index contributed by atoms with van der Waals surface area (Å²) in [6.07, 6.45) is 3.38. The van der Waals surface area contributed by atoms with Crippen LogP contribution in [0.5, 0.6) is 0 Å². The number of pyridine rings is 1. The molecule has 0 aliphatic heterocycles. The second-order valence-corrected chi connectivity index (χ2v) is 3.73. The van der Waals surface area contributed by atoms with Crippen LogP contribution in [0.25, 0.3) is 11.1 Å². The van der Waals surface area contributed by atoms with Gasteiger partial charge in [-0.3, -0.25) is 0 Å². The van der Waals surface area contributed by atoms with E-state index in [1.165, 1.54) is 0 Å².